The van der Waals surface area contributed by atoms with Crippen LogP contribution in [-0.2, 0) is 4.74 Å². The van der Waals surface area contributed by atoms with Crippen LogP contribution in [-0.4, -0.2) is 51.3 Å². The summed E-state index contributed by atoms with van der Waals surface area (Å²) < 4.78 is 5.48. The lowest BCUT2D eigenvalue weighted by atomic mass is 9.79. The van der Waals surface area contributed by atoms with E-state index in [0.717, 1.165) is 38.7 Å². The van der Waals surface area contributed by atoms with Crippen LogP contribution in [0.15, 0.2) is 0 Å². The third-order valence-electron chi connectivity index (χ3n) is 4.20. The van der Waals surface area contributed by atoms with Gasteiger partial charge in [0.2, 0.25) is 0 Å². The van der Waals surface area contributed by atoms with E-state index in [1.807, 2.05) is 7.11 Å². The summed E-state index contributed by atoms with van der Waals surface area (Å²) in [5.74, 6) is 3.72. The van der Waals surface area contributed by atoms with Crippen LogP contribution in [0.2, 0.25) is 0 Å². The number of piperidine rings is 1. The van der Waals surface area contributed by atoms with E-state index in [1.165, 1.54) is 32.2 Å². The number of hydrogen-bond acceptors (Lipinski definition) is 3. The fourth-order valence-corrected chi connectivity index (χ4v) is 3.07. The Morgan fingerprint density at radius 1 is 1.39 bits per heavy atom. The molecule has 2 fully saturated rings. The minimum atomic E-state index is 0.311. The monoisotopic (exact) mass is 250 g/mol. The Balaban J connectivity index is 1.93. The number of methoxy groups -OCH3 is 1. The second kappa shape index (κ2) is 6.56. The van der Waals surface area contributed by atoms with E-state index < -0.39 is 0 Å². The van der Waals surface area contributed by atoms with Gasteiger partial charge in [0.1, 0.15) is 0 Å². The molecule has 3 nitrogen and oxygen atoms in total. The van der Waals surface area contributed by atoms with Crippen LogP contribution in [0.5, 0.6) is 0 Å². The molecule has 0 aromatic carbocycles. The van der Waals surface area contributed by atoms with Crippen molar-refractivity contribution >= 4 is 0 Å². The summed E-state index contributed by atoms with van der Waals surface area (Å²) in [5, 5.41) is 3.44. The average Bonchev–Trinajstić information content (AvgIpc) is 3.14. The fraction of sp³-hybridized carbons (Fsp3) is 0.867. The van der Waals surface area contributed by atoms with Gasteiger partial charge in [0, 0.05) is 25.6 Å². The number of terminal acetylenes is 1. The summed E-state index contributed by atoms with van der Waals surface area (Å²) >= 11 is 0. The van der Waals surface area contributed by atoms with Crippen LogP contribution in [0, 0.1) is 23.7 Å². The van der Waals surface area contributed by atoms with Crippen molar-refractivity contribution < 1.29 is 4.74 Å². The zero-order valence-electron chi connectivity index (χ0n) is 11.6. The number of hydrogen-bond donors (Lipinski definition) is 1. The Labute approximate surface area is 111 Å². The SMILES string of the molecule is C#CCN(CC1CC1)CC1(COC)CCNCC1. The molecule has 1 heterocycles. The van der Waals surface area contributed by atoms with Crippen molar-refractivity contribution in [3.63, 3.8) is 0 Å². The van der Waals surface area contributed by atoms with Crippen molar-refractivity contribution in [2.24, 2.45) is 11.3 Å². The lowest BCUT2D eigenvalue weighted by molar-refractivity contribution is 0.0245. The van der Waals surface area contributed by atoms with Crippen LogP contribution in [0.4, 0.5) is 0 Å². The first kappa shape index (κ1) is 13.9. The summed E-state index contributed by atoms with van der Waals surface area (Å²) in [7, 11) is 1.82. The smallest absolute Gasteiger partial charge is 0.0599 e. The largest absolute Gasteiger partial charge is 0.384 e. The minimum absolute atomic E-state index is 0.311. The maximum absolute atomic E-state index is 5.51. The Hall–Kier alpha value is -0.560. The van der Waals surface area contributed by atoms with Crippen molar-refractivity contribution in [2.45, 2.75) is 25.7 Å². The molecule has 0 aromatic heterocycles. The molecule has 0 bridgehead atoms. The molecular weight excluding hydrogens is 224 g/mol. The normalized spacial score (nSPS) is 22.9. The van der Waals surface area contributed by atoms with Crippen LogP contribution in [0.3, 0.4) is 0 Å². The number of ether oxygens (including phenoxy) is 1. The highest BCUT2D eigenvalue weighted by molar-refractivity contribution is 4.94. The van der Waals surface area contributed by atoms with E-state index in [4.69, 9.17) is 11.2 Å². The highest BCUT2D eigenvalue weighted by Gasteiger charge is 2.35. The molecule has 1 saturated heterocycles. The number of rotatable bonds is 7. The Bertz CT molecular complexity index is 282. The maximum atomic E-state index is 5.51. The number of nitrogens with one attached hydrogen (secondary N) is 1. The van der Waals surface area contributed by atoms with Crippen LogP contribution in [0.1, 0.15) is 25.7 Å². The summed E-state index contributed by atoms with van der Waals surface area (Å²) in [6.07, 6.45) is 10.7. The molecule has 3 heteroatoms. The first-order valence-corrected chi connectivity index (χ1v) is 7.13. The van der Waals surface area contributed by atoms with Crippen molar-refractivity contribution in [3.05, 3.63) is 0 Å². The third kappa shape index (κ3) is 3.98. The Kier molecular flexibility index (Phi) is 5.05. The molecule has 102 valence electrons. The summed E-state index contributed by atoms with van der Waals surface area (Å²) in [5.41, 5.74) is 0.311. The van der Waals surface area contributed by atoms with Gasteiger partial charge in [-0.3, -0.25) is 4.90 Å². The molecule has 2 aliphatic rings. The van der Waals surface area contributed by atoms with E-state index in [9.17, 15) is 0 Å². The first-order chi connectivity index (χ1) is 8.78. The molecule has 18 heavy (non-hydrogen) atoms. The second-order valence-electron chi connectivity index (χ2n) is 6.00. The first-order valence-electron chi connectivity index (χ1n) is 7.13. The van der Waals surface area contributed by atoms with E-state index >= 15 is 0 Å². The van der Waals surface area contributed by atoms with E-state index in [-0.39, 0.29) is 0 Å². The van der Waals surface area contributed by atoms with E-state index in [1.54, 1.807) is 0 Å². The van der Waals surface area contributed by atoms with Gasteiger partial charge < -0.3 is 10.1 Å². The third-order valence-corrected chi connectivity index (χ3v) is 4.20. The van der Waals surface area contributed by atoms with Gasteiger partial charge in [-0.05, 0) is 44.7 Å². The predicted molar refractivity (Wildman–Crippen MR) is 74.4 cm³/mol. The number of nitrogens with zero attached hydrogens (tertiary/aromatic N) is 1. The van der Waals surface area contributed by atoms with E-state index in [2.05, 4.69) is 16.1 Å². The molecule has 1 N–H and O–H groups in total. The van der Waals surface area contributed by atoms with Gasteiger partial charge in [0.25, 0.3) is 0 Å². The average molecular weight is 250 g/mol. The Morgan fingerprint density at radius 2 is 2.11 bits per heavy atom. The molecule has 0 amide bonds. The lowest BCUT2D eigenvalue weighted by Crippen LogP contribution is -2.47. The van der Waals surface area contributed by atoms with E-state index in [0.29, 0.717) is 5.41 Å². The molecule has 1 aliphatic heterocycles. The fourth-order valence-electron chi connectivity index (χ4n) is 3.07. The van der Waals surface area contributed by atoms with Crippen molar-refractivity contribution in [2.75, 3.05) is 46.4 Å². The van der Waals surface area contributed by atoms with Gasteiger partial charge in [0.15, 0.2) is 0 Å². The van der Waals surface area contributed by atoms with Gasteiger partial charge in [-0.1, -0.05) is 5.92 Å². The molecule has 1 aliphatic carbocycles. The van der Waals surface area contributed by atoms with Crippen molar-refractivity contribution in [1.29, 1.82) is 0 Å². The minimum Gasteiger partial charge on any atom is -0.384 e. The molecule has 0 radical (unpaired) electrons. The highest BCUT2D eigenvalue weighted by Crippen LogP contribution is 2.34. The molecular formula is C15H26N2O. The lowest BCUT2D eigenvalue weighted by Gasteiger charge is -2.40. The van der Waals surface area contributed by atoms with Gasteiger partial charge in [-0.25, -0.2) is 0 Å². The molecule has 2 rings (SSSR count). The van der Waals surface area contributed by atoms with Gasteiger partial charge in [0.05, 0.1) is 13.2 Å². The second-order valence-corrected chi connectivity index (χ2v) is 6.00. The summed E-state index contributed by atoms with van der Waals surface area (Å²) in [6, 6.07) is 0. The highest BCUT2D eigenvalue weighted by atomic mass is 16.5. The Morgan fingerprint density at radius 3 is 2.67 bits per heavy atom. The van der Waals surface area contributed by atoms with Crippen molar-refractivity contribution in [3.8, 4) is 12.3 Å². The van der Waals surface area contributed by atoms with Gasteiger partial charge >= 0.3 is 0 Å². The van der Waals surface area contributed by atoms with Crippen LogP contribution in [0.25, 0.3) is 0 Å². The molecule has 0 unspecified atom stereocenters. The zero-order chi connectivity index (χ0) is 12.8. The van der Waals surface area contributed by atoms with Crippen molar-refractivity contribution in [1.82, 2.24) is 10.2 Å². The molecule has 0 aromatic rings. The maximum Gasteiger partial charge on any atom is 0.0599 e. The quantitative estimate of drug-likeness (QED) is 0.690. The predicted octanol–water partition coefficient (Wildman–Crippen LogP) is 1.35. The van der Waals surface area contributed by atoms with Gasteiger partial charge in [-0.2, -0.15) is 0 Å². The zero-order valence-corrected chi connectivity index (χ0v) is 11.6. The summed E-state index contributed by atoms with van der Waals surface area (Å²) in [6.45, 7) is 6.15. The van der Waals surface area contributed by atoms with Crippen LogP contribution >= 0.6 is 0 Å². The molecule has 0 atom stereocenters. The molecule has 0 spiro atoms. The summed E-state index contributed by atoms with van der Waals surface area (Å²) in [4.78, 5) is 2.47. The topological polar surface area (TPSA) is 24.5 Å². The molecule has 1 saturated carbocycles. The van der Waals surface area contributed by atoms with Gasteiger partial charge in [-0.15, -0.1) is 6.42 Å². The standard InChI is InChI=1S/C15H26N2O/c1-3-10-17(11-14-4-5-14)12-15(13-18-2)6-8-16-9-7-15/h1,14,16H,4-13H2,2H3. The van der Waals surface area contributed by atoms with Crippen LogP contribution < -0.4 is 5.32 Å².